The van der Waals surface area contributed by atoms with E-state index in [0.29, 0.717) is 16.0 Å². The molecule has 1 amide bonds. The summed E-state index contributed by atoms with van der Waals surface area (Å²) >= 11 is 2.59. The van der Waals surface area contributed by atoms with Gasteiger partial charge in [-0.2, -0.15) is 10.4 Å². The number of nitriles is 1. The van der Waals surface area contributed by atoms with Gasteiger partial charge >= 0.3 is 0 Å². The fourth-order valence-corrected chi connectivity index (χ4v) is 5.35. The van der Waals surface area contributed by atoms with E-state index in [9.17, 15) is 10.1 Å². The highest BCUT2D eigenvalue weighted by Gasteiger charge is 2.17. The van der Waals surface area contributed by atoms with E-state index in [0.717, 1.165) is 44.4 Å². The van der Waals surface area contributed by atoms with Crippen LogP contribution in [-0.4, -0.2) is 39.9 Å². The number of carbonyl (C=O) groups excluding carboxylic acids is 1. The maximum atomic E-state index is 12.7. The third-order valence-electron chi connectivity index (χ3n) is 5.67. The van der Waals surface area contributed by atoms with E-state index in [1.54, 1.807) is 13.3 Å². The molecule has 9 nitrogen and oxygen atoms in total. The number of nitrogens with one attached hydrogen (secondary N) is 2. The summed E-state index contributed by atoms with van der Waals surface area (Å²) in [5.74, 6) is 0.806. The van der Waals surface area contributed by atoms with Crippen molar-refractivity contribution in [3.05, 3.63) is 89.5 Å². The molecule has 11 heteroatoms. The largest absolute Gasteiger partial charge is 0.497 e. The van der Waals surface area contributed by atoms with Crippen LogP contribution in [-0.2, 0) is 4.79 Å². The molecule has 0 spiro atoms. The van der Waals surface area contributed by atoms with Crippen LogP contribution in [0.3, 0.4) is 0 Å². The Balaban J connectivity index is 1.36. The zero-order valence-corrected chi connectivity index (χ0v) is 23.2. The van der Waals surface area contributed by atoms with Crippen LogP contribution >= 0.6 is 23.1 Å². The third-order valence-corrected chi connectivity index (χ3v) is 7.45. The number of ether oxygens (including phenoxy) is 1. The zero-order chi connectivity index (χ0) is 27.9. The van der Waals surface area contributed by atoms with E-state index >= 15 is 0 Å². The highest BCUT2D eigenvalue weighted by molar-refractivity contribution is 7.99. The molecule has 0 bridgehead atoms. The van der Waals surface area contributed by atoms with Crippen molar-refractivity contribution in [1.29, 1.82) is 5.26 Å². The van der Waals surface area contributed by atoms with Gasteiger partial charge in [0.2, 0.25) is 5.91 Å². The second-order valence-electron chi connectivity index (χ2n) is 8.53. The summed E-state index contributed by atoms with van der Waals surface area (Å²) in [6.07, 6.45) is 1.62. The number of nitrogens with zero attached hydrogens (tertiary/aromatic N) is 5. The first-order valence-electron chi connectivity index (χ1n) is 12.1. The number of hydrogen-bond acceptors (Lipinski definition) is 10. The number of benzene rings is 3. The van der Waals surface area contributed by atoms with Crippen molar-refractivity contribution in [2.75, 3.05) is 23.6 Å². The lowest BCUT2D eigenvalue weighted by molar-refractivity contribution is -0.113. The molecule has 0 aliphatic carbocycles. The molecule has 0 aliphatic rings. The Morgan fingerprint density at radius 1 is 1.10 bits per heavy atom. The minimum absolute atomic E-state index is 0.0592. The van der Waals surface area contributed by atoms with Crippen molar-refractivity contribution < 1.29 is 9.53 Å². The van der Waals surface area contributed by atoms with Gasteiger partial charge in [-0.25, -0.2) is 15.0 Å². The molecule has 3 aromatic carbocycles. The molecule has 5 aromatic rings. The van der Waals surface area contributed by atoms with Crippen LogP contribution in [0.4, 0.5) is 10.9 Å². The zero-order valence-electron chi connectivity index (χ0n) is 21.6. The lowest BCUT2D eigenvalue weighted by atomic mass is 10.1. The second-order valence-corrected chi connectivity index (χ2v) is 10.5. The molecule has 2 heterocycles. The molecular weight excluding hydrogens is 543 g/mol. The van der Waals surface area contributed by atoms with Gasteiger partial charge in [-0.15, -0.1) is 0 Å². The number of hydrazone groups is 1. The number of fused-ring (bicyclic) bond motifs is 1. The fourth-order valence-electron chi connectivity index (χ4n) is 3.73. The fraction of sp³-hybridized carbons (Fsp3) is 0.103. The van der Waals surface area contributed by atoms with Crippen molar-refractivity contribution >= 4 is 56.4 Å². The summed E-state index contributed by atoms with van der Waals surface area (Å²) in [4.78, 5) is 26.3. The number of anilines is 2. The Bertz CT molecular complexity index is 1730. The Morgan fingerprint density at radius 3 is 2.65 bits per heavy atom. The van der Waals surface area contributed by atoms with E-state index < -0.39 is 0 Å². The van der Waals surface area contributed by atoms with E-state index in [2.05, 4.69) is 36.9 Å². The number of thioether (sulfide) groups is 1. The number of aryl methyl sites for hydroxylation is 1. The Morgan fingerprint density at radius 2 is 1.90 bits per heavy atom. The predicted octanol–water partition coefficient (Wildman–Crippen LogP) is 6.12. The summed E-state index contributed by atoms with van der Waals surface area (Å²) in [5, 5.41) is 18.0. The minimum atomic E-state index is -0.234. The van der Waals surface area contributed by atoms with Gasteiger partial charge in [0.05, 0.1) is 35.0 Å². The molecule has 2 N–H and O–H groups in total. The molecule has 0 saturated heterocycles. The summed E-state index contributed by atoms with van der Waals surface area (Å²) in [6.45, 7) is 2.02. The number of rotatable bonds is 9. The van der Waals surface area contributed by atoms with E-state index in [1.807, 2.05) is 79.7 Å². The lowest BCUT2D eigenvalue weighted by Crippen LogP contribution is -2.14. The minimum Gasteiger partial charge on any atom is -0.497 e. The standard InChI is InChI=1S/C29H23N7O2S2/c1-18-8-13-23-24(14-18)40-29(32-23)33-25(37)17-39-28-34-26(20-6-4-3-5-7-20)22(15-30)27(35-28)36-31-16-19-9-11-21(38-2)12-10-19/h3-14,16H,17H2,1-2H3,(H,32,33,37)(H,34,35,36). The van der Waals surface area contributed by atoms with Gasteiger partial charge in [0.25, 0.3) is 0 Å². The van der Waals surface area contributed by atoms with Crippen molar-refractivity contribution in [2.24, 2.45) is 5.10 Å². The molecule has 0 saturated carbocycles. The SMILES string of the molecule is COc1ccc(C=NNc2nc(SCC(=O)Nc3nc4ccc(C)cc4s3)nc(-c3ccccc3)c2C#N)cc1. The van der Waals surface area contributed by atoms with Crippen LogP contribution < -0.4 is 15.5 Å². The van der Waals surface area contributed by atoms with Crippen LogP contribution in [0.2, 0.25) is 0 Å². The normalized spacial score (nSPS) is 10.9. The molecular formula is C29H23N7O2S2. The number of aromatic nitrogens is 3. The van der Waals surface area contributed by atoms with Gasteiger partial charge in [-0.3, -0.25) is 10.2 Å². The molecule has 0 aliphatic heterocycles. The van der Waals surface area contributed by atoms with Gasteiger partial charge in [-0.05, 0) is 54.4 Å². The van der Waals surface area contributed by atoms with Crippen LogP contribution in [0, 0.1) is 18.3 Å². The number of carbonyl (C=O) groups is 1. The van der Waals surface area contributed by atoms with Crippen molar-refractivity contribution in [1.82, 2.24) is 15.0 Å². The van der Waals surface area contributed by atoms with Crippen molar-refractivity contribution in [2.45, 2.75) is 12.1 Å². The van der Waals surface area contributed by atoms with Crippen LogP contribution in [0.15, 0.2) is 83.1 Å². The quantitative estimate of drug-likeness (QED) is 0.0948. The second kappa shape index (κ2) is 12.4. The highest BCUT2D eigenvalue weighted by Crippen LogP contribution is 2.30. The van der Waals surface area contributed by atoms with Gasteiger partial charge in [-0.1, -0.05) is 59.5 Å². The lowest BCUT2D eigenvalue weighted by Gasteiger charge is -2.10. The van der Waals surface area contributed by atoms with E-state index in [4.69, 9.17) is 4.74 Å². The van der Waals surface area contributed by atoms with Crippen molar-refractivity contribution in [3.8, 4) is 23.1 Å². The molecule has 0 atom stereocenters. The molecule has 5 rings (SSSR count). The monoisotopic (exact) mass is 565 g/mol. The average Bonchev–Trinajstić information content (AvgIpc) is 3.37. The van der Waals surface area contributed by atoms with Crippen LogP contribution in [0.1, 0.15) is 16.7 Å². The van der Waals surface area contributed by atoms with Gasteiger partial charge in [0.1, 0.15) is 17.4 Å². The number of amides is 1. The van der Waals surface area contributed by atoms with Crippen LogP contribution in [0.5, 0.6) is 5.75 Å². The molecule has 198 valence electrons. The summed E-state index contributed by atoms with van der Waals surface area (Å²) in [7, 11) is 1.61. The number of methoxy groups -OCH3 is 1. The number of thiazole rings is 1. The Hall–Kier alpha value is -4.79. The molecule has 2 aromatic heterocycles. The summed E-state index contributed by atoms with van der Waals surface area (Å²) in [5.41, 5.74) is 7.13. The Labute approximate surface area is 239 Å². The number of hydrogen-bond donors (Lipinski definition) is 2. The third kappa shape index (κ3) is 6.43. The van der Waals surface area contributed by atoms with Crippen LogP contribution in [0.25, 0.3) is 21.5 Å². The summed E-state index contributed by atoms with van der Waals surface area (Å²) < 4.78 is 6.20. The predicted molar refractivity (Wildman–Crippen MR) is 160 cm³/mol. The van der Waals surface area contributed by atoms with E-state index in [-0.39, 0.29) is 23.0 Å². The first-order chi connectivity index (χ1) is 19.5. The first kappa shape index (κ1) is 26.8. The maximum absolute atomic E-state index is 12.7. The Kier molecular flexibility index (Phi) is 8.29. The van der Waals surface area contributed by atoms with Crippen molar-refractivity contribution in [3.63, 3.8) is 0 Å². The smallest absolute Gasteiger partial charge is 0.236 e. The van der Waals surface area contributed by atoms with Gasteiger partial charge in [0, 0.05) is 5.56 Å². The van der Waals surface area contributed by atoms with E-state index in [1.165, 1.54) is 11.3 Å². The molecule has 40 heavy (non-hydrogen) atoms. The molecule has 0 radical (unpaired) electrons. The highest BCUT2D eigenvalue weighted by atomic mass is 32.2. The molecule has 0 fully saturated rings. The maximum Gasteiger partial charge on any atom is 0.236 e. The average molecular weight is 566 g/mol. The topological polar surface area (TPSA) is 125 Å². The first-order valence-corrected chi connectivity index (χ1v) is 13.9. The van der Waals surface area contributed by atoms with Gasteiger partial charge in [0.15, 0.2) is 16.1 Å². The van der Waals surface area contributed by atoms with Gasteiger partial charge < -0.3 is 10.1 Å². The molecule has 0 unspecified atom stereocenters. The summed E-state index contributed by atoms with van der Waals surface area (Å²) in [6, 6.07) is 24.9.